The fraction of sp³-hybridized carbons (Fsp3) is 0.0476. The molecule has 0 saturated heterocycles. The second-order valence-corrected chi connectivity index (χ2v) is 17.2. The van der Waals surface area contributed by atoms with Crippen LogP contribution in [0.5, 0.6) is 0 Å². The Bertz CT molecular complexity index is 3230. The topological polar surface area (TPSA) is 3.24 Å². The van der Waals surface area contributed by atoms with Gasteiger partial charge in [0.15, 0.2) is 0 Å². The van der Waals surface area contributed by atoms with Gasteiger partial charge < -0.3 is 4.90 Å². The van der Waals surface area contributed by atoms with E-state index in [9.17, 15) is 0 Å². The molecule has 12 rings (SSSR count). The lowest BCUT2D eigenvalue weighted by Gasteiger charge is -2.30. The molecule has 0 bridgehead atoms. The number of fused-ring (bicyclic) bond motifs is 10. The summed E-state index contributed by atoms with van der Waals surface area (Å²) in [7, 11) is 0. The summed E-state index contributed by atoms with van der Waals surface area (Å²) in [5.41, 5.74) is 26.3. The monoisotopic (exact) mass is 815 g/mol. The van der Waals surface area contributed by atoms with E-state index in [4.69, 9.17) is 0 Å². The molecule has 1 nitrogen and oxygen atoms in total. The highest BCUT2D eigenvalue weighted by atomic mass is 15.1. The van der Waals surface area contributed by atoms with E-state index in [1.54, 1.807) is 0 Å². The Kier molecular flexibility index (Phi) is 8.91. The largest absolute Gasteiger partial charge is 0.311 e. The Balaban J connectivity index is 0.929. The van der Waals surface area contributed by atoms with Crippen LogP contribution in [-0.4, -0.2) is 0 Å². The molecule has 302 valence electrons. The van der Waals surface area contributed by atoms with Gasteiger partial charge >= 0.3 is 0 Å². The molecule has 2 aliphatic carbocycles. The van der Waals surface area contributed by atoms with E-state index in [0.717, 1.165) is 17.1 Å². The van der Waals surface area contributed by atoms with Crippen LogP contribution in [0.2, 0.25) is 0 Å². The Morgan fingerprint density at radius 3 is 1.14 bits per heavy atom. The van der Waals surface area contributed by atoms with E-state index >= 15 is 0 Å². The molecule has 0 heterocycles. The normalized spacial score (nSPS) is 12.7. The van der Waals surface area contributed by atoms with Gasteiger partial charge in [-0.25, -0.2) is 0 Å². The lowest BCUT2D eigenvalue weighted by atomic mass is 9.70. The first-order chi connectivity index (χ1) is 31.6. The molecule has 0 amide bonds. The van der Waals surface area contributed by atoms with Crippen LogP contribution in [0.1, 0.15) is 33.4 Å². The van der Waals surface area contributed by atoms with Gasteiger partial charge in [0.05, 0.1) is 5.41 Å². The van der Waals surface area contributed by atoms with Crippen molar-refractivity contribution >= 4 is 17.1 Å². The van der Waals surface area contributed by atoms with Gasteiger partial charge in [0.1, 0.15) is 0 Å². The first-order valence-electron chi connectivity index (χ1n) is 22.3. The third-order valence-electron chi connectivity index (χ3n) is 13.9. The first-order valence-corrected chi connectivity index (χ1v) is 22.3. The quantitative estimate of drug-likeness (QED) is 0.155. The van der Waals surface area contributed by atoms with Gasteiger partial charge in [-0.3, -0.25) is 0 Å². The lowest BCUT2D eigenvalue weighted by Crippen LogP contribution is -2.25. The summed E-state index contributed by atoms with van der Waals surface area (Å²) < 4.78 is 0. The fourth-order valence-electron chi connectivity index (χ4n) is 11.0. The minimum atomic E-state index is -0.344. The van der Waals surface area contributed by atoms with Crippen LogP contribution in [0.4, 0.5) is 17.1 Å². The molecule has 2 aliphatic rings. The maximum Gasteiger partial charge on any atom is 0.0725 e. The molecule has 1 spiro atoms. The second kappa shape index (κ2) is 15.1. The predicted octanol–water partition coefficient (Wildman–Crippen LogP) is 16.8. The maximum absolute atomic E-state index is 2.44. The van der Waals surface area contributed by atoms with E-state index in [1.165, 1.54) is 100 Å². The molecule has 1 heteroatoms. The number of rotatable bonds is 7. The smallest absolute Gasteiger partial charge is 0.0725 e. The van der Waals surface area contributed by atoms with Crippen molar-refractivity contribution in [1.29, 1.82) is 0 Å². The third kappa shape index (κ3) is 5.78. The highest BCUT2D eigenvalue weighted by Gasteiger charge is 2.52. The molecular formula is C63H45N. The third-order valence-corrected chi connectivity index (χ3v) is 13.9. The van der Waals surface area contributed by atoms with Crippen LogP contribution in [0.25, 0.3) is 66.8 Å². The van der Waals surface area contributed by atoms with Crippen molar-refractivity contribution in [3.63, 3.8) is 0 Å². The SMILES string of the molecule is Cc1c(-c2ccc(N(c3ccc(-c4ccccc4)cc3)c3ccc(-c4ccccc4)cc3)cc2)cccc1-c1ccc2c(c1C)-c1ccccc1C21c2ccccc2-c2ccccc21. The maximum atomic E-state index is 2.44. The molecule has 0 radical (unpaired) electrons. The number of hydrogen-bond donors (Lipinski definition) is 0. The summed E-state index contributed by atoms with van der Waals surface area (Å²) in [6, 6.07) is 87.0. The van der Waals surface area contributed by atoms with Crippen molar-refractivity contribution in [3.8, 4) is 66.8 Å². The summed E-state index contributed by atoms with van der Waals surface area (Å²) in [4.78, 5) is 2.36. The molecular weight excluding hydrogens is 771 g/mol. The Labute approximate surface area is 376 Å². The van der Waals surface area contributed by atoms with Crippen LogP contribution < -0.4 is 4.90 Å². The Hall–Kier alpha value is -8.00. The number of anilines is 3. The van der Waals surface area contributed by atoms with Crippen molar-refractivity contribution in [2.75, 3.05) is 4.90 Å². The minimum Gasteiger partial charge on any atom is -0.311 e. The zero-order valence-corrected chi connectivity index (χ0v) is 36.0. The molecule has 0 N–H and O–H groups in total. The molecule has 0 fully saturated rings. The highest BCUT2D eigenvalue weighted by Crippen LogP contribution is 2.63. The molecule has 0 aromatic heterocycles. The second-order valence-electron chi connectivity index (χ2n) is 17.2. The van der Waals surface area contributed by atoms with Gasteiger partial charge in [-0.05, 0) is 150 Å². The zero-order chi connectivity index (χ0) is 42.8. The summed E-state index contributed by atoms with van der Waals surface area (Å²) in [5.74, 6) is 0. The lowest BCUT2D eigenvalue weighted by molar-refractivity contribution is 0.793. The molecule has 10 aromatic rings. The van der Waals surface area contributed by atoms with Crippen molar-refractivity contribution in [2.45, 2.75) is 19.3 Å². The van der Waals surface area contributed by atoms with Gasteiger partial charge in [0.25, 0.3) is 0 Å². The summed E-state index contributed by atoms with van der Waals surface area (Å²) in [6.07, 6.45) is 0. The Morgan fingerprint density at radius 2 is 0.625 bits per heavy atom. The standard InChI is InChI=1S/C63H45N/c1-42-52(48-32-38-51(39-33-48)64(49-34-28-46(29-35-49)44-16-5-3-6-17-44)50-36-30-47(31-37-50)45-18-7-4-8-19-45)23-15-24-53(42)54-40-41-61-62(43(54)2)57-22-11-14-27-60(57)63(61)58-25-12-9-20-55(58)56-21-10-13-26-59(56)63/h3-41H,1-2H3. The molecule has 0 saturated carbocycles. The van der Waals surface area contributed by atoms with E-state index < -0.39 is 0 Å². The minimum absolute atomic E-state index is 0.344. The summed E-state index contributed by atoms with van der Waals surface area (Å²) in [5, 5.41) is 0. The van der Waals surface area contributed by atoms with Gasteiger partial charge in [0.2, 0.25) is 0 Å². The average Bonchev–Trinajstić information content (AvgIpc) is 3.84. The first kappa shape index (κ1) is 37.7. The summed E-state index contributed by atoms with van der Waals surface area (Å²) >= 11 is 0. The number of nitrogens with zero attached hydrogens (tertiary/aromatic N) is 1. The molecule has 0 unspecified atom stereocenters. The van der Waals surface area contributed by atoms with Crippen molar-refractivity contribution < 1.29 is 0 Å². The van der Waals surface area contributed by atoms with Crippen LogP contribution in [-0.2, 0) is 5.41 Å². The van der Waals surface area contributed by atoms with Gasteiger partial charge in [-0.15, -0.1) is 0 Å². The van der Waals surface area contributed by atoms with E-state index in [2.05, 4.69) is 255 Å². The van der Waals surface area contributed by atoms with E-state index in [-0.39, 0.29) is 5.41 Å². The van der Waals surface area contributed by atoms with Crippen LogP contribution in [0.3, 0.4) is 0 Å². The molecule has 10 aromatic carbocycles. The van der Waals surface area contributed by atoms with Crippen LogP contribution >= 0.6 is 0 Å². The molecule has 64 heavy (non-hydrogen) atoms. The Morgan fingerprint density at radius 1 is 0.250 bits per heavy atom. The average molecular weight is 816 g/mol. The molecule has 0 atom stereocenters. The number of benzene rings is 10. The van der Waals surface area contributed by atoms with Gasteiger partial charge in [0, 0.05) is 17.1 Å². The van der Waals surface area contributed by atoms with Gasteiger partial charge in [-0.2, -0.15) is 0 Å². The zero-order valence-electron chi connectivity index (χ0n) is 36.0. The number of hydrogen-bond acceptors (Lipinski definition) is 1. The van der Waals surface area contributed by atoms with Crippen LogP contribution in [0, 0.1) is 13.8 Å². The van der Waals surface area contributed by atoms with Gasteiger partial charge in [-0.1, -0.05) is 200 Å². The predicted molar refractivity (Wildman–Crippen MR) is 269 cm³/mol. The van der Waals surface area contributed by atoms with Crippen molar-refractivity contribution in [2.24, 2.45) is 0 Å². The summed E-state index contributed by atoms with van der Waals surface area (Å²) in [6.45, 7) is 4.63. The van der Waals surface area contributed by atoms with Crippen molar-refractivity contribution in [3.05, 3.63) is 270 Å². The highest BCUT2D eigenvalue weighted by molar-refractivity contribution is 5.98. The fourth-order valence-corrected chi connectivity index (χ4v) is 11.0. The van der Waals surface area contributed by atoms with Crippen molar-refractivity contribution in [1.82, 2.24) is 0 Å². The van der Waals surface area contributed by atoms with Crippen LogP contribution in [0.15, 0.2) is 237 Å². The molecule has 0 aliphatic heterocycles. The van der Waals surface area contributed by atoms with E-state index in [1.807, 2.05) is 0 Å². The van der Waals surface area contributed by atoms with E-state index in [0.29, 0.717) is 0 Å².